The lowest BCUT2D eigenvalue weighted by molar-refractivity contribution is -0.0758. The molecule has 1 saturated carbocycles. The number of aliphatic hydroxyl groups is 2. The predicted octanol–water partition coefficient (Wildman–Crippen LogP) is 10.1. The summed E-state index contributed by atoms with van der Waals surface area (Å²) in [6.07, 6.45) is 33.1. The maximum absolute atomic E-state index is 9.65. The van der Waals surface area contributed by atoms with Gasteiger partial charge in [-0.05, 0) is 105 Å². The Kier molecular flexibility index (Phi) is 18.0. The van der Waals surface area contributed by atoms with Crippen LogP contribution in [0.1, 0.15) is 143 Å². The largest absolute Gasteiger partial charge is 0.396 e. The zero-order valence-corrected chi connectivity index (χ0v) is 26.0. The Balaban J connectivity index is 2.48. The highest BCUT2D eigenvalue weighted by Gasteiger charge is 2.53. The molecule has 38 heavy (non-hydrogen) atoms. The molecule has 0 aliphatic heterocycles. The van der Waals surface area contributed by atoms with Crippen LogP contribution < -0.4 is 0 Å². The predicted molar refractivity (Wildman–Crippen MR) is 166 cm³/mol. The number of fused-ring (bicyclic) bond motifs is 1. The van der Waals surface area contributed by atoms with Crippen LogP contribution in [0, 0.1) is 47.3 Å². The highest BCUT2D eigenvalue weighted by Crippen LogP contribution is 2.59. The van der Waals surface area contributed by atoms with E-state index in [2.05, 4.69) is 52.0 Å². The summed E-state index contributed by atoms with van der Waals surface area (Å²) in [4.78, 5) is 0. The van der Waals surface area contributed by atoms with Gasteiger partial charge in [0, 0.05) is 13.2 Å². The van der Waals surface area contributed by atoms with E-state index in [-0.39, 0.29) is 0 Å². The summed E-state index contributed by atoms with van der Waals surface area (Å²) < 4.78 is 0. The number of rotatable bonds is 21. The molecule has 0 aromatic heterocycles. The minimum absolute atomic E-state index is 0.331. The van der Waals surface area contributed by atoms with Gasteiger partial charge in [-0.25, -0.2) is 0 Å². The molecule has 0 radical (unpaired) electrons. The molecule has 1 fully saturated rings. The molecule has 2 aliphatic carbocycles. The maximum Gasteiger partial charge on any atom is 0.0431 e. The van der Waals surface area contributed by atoms with Crippen molar-refractivity contribution < 1.29 is 10.2 Å². The molecule has 0 bridgehead atoms. The Morgan fingerprint density at radius 2 is 1.08 bits per heavy atom. The molecule has 0 amide bonds. The highest BCUT2D eigenvalue weighted by molar-refractivity contribution is 5.12. The summed E-state index contributed by atoms with van der Waals surface area (Å²) in [5.74, 6) is 6.29. The van der Waals surface area contributed by atoms with Crippen molar-refractivity contribution in [2.75, 3.05) is 13.2 Å². The molecule has 2 rings (SSSR count). The van der Waals surface area contributed by atoms with E-state index >= 15 is 0 Å². The summed E-state index contributed by atoms with van der Waals surface area (Å²) in [5, 5.41) is 19.2. The van der Waals surface area contributed by atoms with E-state index in [0.29, 0.717) is 19.1 Å². The second-order valence-electron chi connectivity index (χ2n) is 12.9. The molecule has 2 aliphatic rings. The summed E-state index contributed by atoms with van der Waals surface area (Å²) in [5.41, 5.74) is 0. The molecular weight excluding hydrogens is 464 g/mol. The van der Waals surface area contributed by atoms with E-state index in [1.165, 1.54) is 96.3 Å². The summed E-state index contributed by atoms with van der Waals surface area (Å²) >= 11 is 0. The van der Waals surface area contributed by atoms with Gasteiger partial charge in [-0.2, -0.15) is 0 Å². The molecule has 222 valence electrons. The van der Waals surface area contributed by atoms with Crippen LogP contribution in [0.2, 0.25) is 0 Å². The van der Waals surface area contributed by atoms with E-state index in [1.54, 1.807) is 0 Å². The Hall–Kier alpha value is -0.600. The van der Waals surface area contributed by atoms with E-state index in [1.807, 2.05) is 0 Å². The van der Waals surface area contributed by atoms with Crippen LogP contribution >= 0.6 is 0 Å². The molecule has 8 atom stereocenters. The van der Waals surface area contributed by atoms with E-state index < -0.39 is 0 Å². The lowest BCUT2D eigenvalue weighted by atomic mass is 9.47. The van der Waals surface area contributed by atoms with E-state index in [4.69, 9.17) is 0 Å². The fourth-order valence-corrected chi connectivity index (χ4v) is 8.67. The topological polar surface area (TPSA) is 40.5 Å². The fraction of sp³-hybridized carbons (Fsp3) is 0.889. The first kappa shape index (κ1) is 33.6. The van der Waals surface area contributed by atoms with Crippen molar-refractivity contribution in [3.05, 3.63) is 24.3 Å². The molecule has 8 unspecified atom stereocenters. The first-order chi connectivity index (χ1) is 18.7. The van der Waals surface area contributed by atoms with Gasteiger partial charge in [0.2, 0.25) is 0 Å². The first-order valence-corrected chi connectivity index (χ1v) is 17.2. The standard InChI is InChI=1S/C36H66O2/c1-5-9-11-12-13-14-23-31-32(24-16-18-28-38)34(22-10-6-2)36-30(21-15-17-27-37)26-25-29(19-7-3)35(36)33(31)20-8-4/h13-14,25-26,29-38H,5-12,15-24,27-28H2,1-4H3. The number of allylic oxidation sites excluding steroid dienone is 4. The molecule has 0 aromatic rings. The van der Waals surface area contributed by atoms with Crippen LogP contribution in [0.4, 0.5) is 0 Å². The van der Waals surface area contributed by atoms with Crippen molar-refractivity contribution in [2.45, 2.75) is 143 Å². The molecule has 2 N–H and O–H groups in total. The van der Waals surface area contributed by atoms with Gasteiger partial charge in [-0.3, -0.25) is 0 Å². The van der Waals surface area contributed by atoms with Crippen molar-refractivity contribution in [1.82, 2.24) is 0 Å². The van der Waals surface area contributed by atoms with Gasteiger partial charge in [0.1, 0.15) is 0 Å². The molecular formula is C36H66O2. The summed E-state index contributed by atoms with van der Waals surface area (Å²) in [6, 6.07) is 0. The Morgan fingerprint density at radius 3 is 1.68 bits per heavy atom. The fourth-order valence-electron chi connectivity index (χ4n) is 8.67. The van der Waals surface area contributed by atoms with Gasteiger partial charge < -0.3 is 10.2 Å². The lowest BCUT2D eigenvalue weighted by Gasteiger charge is -2.58. The van der Waals surface area contributed by atoms with Crippen LogP contribution in [0.3, 0.4) is 0 Å². The quantitative estimate of drug-likeness (QED) is 0.114. The van der Waals surface area contributed by atoms with Gasteiger partial charge in [-0.1, -0.05) is 110 Å². The van der Waals surface area contributed by atoms with Gasteiger partial charge >= 0.3 is 0 Å². The number of hydrogen-bond donors (Lipinski definition) is 2. The summed E-state index contributed by atoms with van der Waals surface area (Å²) in [6.45, 7) is 10.1. The zero-order chi connectivity index (χ0) is 27.6. The van der Waals surface area contributed by atoms with Crippen molar-refractivity contribution in [2.24, 2.45) is 47.3 Å². The smallest absolute Gasteiger partial charge is 0.0431 e. The third-order valence-corrected chi connectivity index (χ3v) is 10.3. The van der Waals surface area contributed by atoms with Crippen LogP contribution in [0.5, 0.6) is 0 Å². The van der Waals surface area contributed by atoms with Gasteiger partial charge in [0.25, 0.3) is 0 Å². The third-order valence-electron chi connectivity index (χ3n) is 10.3. The summed E-state index contributed by atoms with van der Waals surface area (Å²) in [7, 11) is 0. The van der Waals surface area contributed by atoms with Crippen LogP contribution in [0.15, 0.2) is 24.3 Å². The van der Waals surface area contributed by atoms with Gasteiger partial charge in [0.15, 0.2) is 0 Å². The van der Waals surface area contributed by atoms with E-state index in [9.17, 15) is 10.2 Å². The Labute approximate surface area is 238 Å². The Morgan fingerprint density at radius 1 is 0.500 bits per heavy atom. The Bertz CT molecular complexity index is 625. The number of aliphatic hydroxyl groups excluding tert-OH is 2. The molecule has 0 aromatic carbocycles. The molecule has 2 nitrogen and oxygen atoms in total. The SMILES string of the molecule is CCCCCC=CCC1C(CCCCO)C(CCCC)C2C(CCCCO)C=CC(CCC)C2C1CCC. The molecule has 0 spiro atoms. The van der Waals surface area contributed by atoms with Crippen molar-refractivity contribution >= 4 is 0 Å². The average molecular weight is 531 g/mol. The van der Waals surface area contributed by atoms with Gasteiger partial charge in [0.05, 0.1) is 0 Å². The van der Waals surface area contributed by atoms with Crippen molar-refractivity contribution in [3.63, 3.8) is 0 Å². The third kappa shape index (κ3) is 10.1. The second-order valence-corrected chi connectivity index (χ2v) is 12.9. The minimum Gasteiger partial charge on any atom is -0.396 e. The van der Waals surface area contributed by atoms with Crippen LogP contribution in [-0.4, -0.2) is 23.4 Å². The van der Waals surface area contributed by atoms with Crippen LogP contribution in [0.25, 0.3) is 0 Å². The molecule has 0 saturated heterocycles. The first-order valence-electron chi connectivity index (χ1n) is 17.2. The van der Waals surface area contributed by atoms with Crippen molar-refractivity contribution in [1.29, 1.82) is 0 Å². The minimum atomic E-state index is 0.331. The lowest BCUT2D eigenvalue weighted by Crippen LogP contribution is -2.52. The number of hydrogen-bond acceptors (Lipinski definition) is 2. The average Bonchev–Trinajstić information content (AvgIpc) is 2.92. The molecule has 2 heteroatoms. The monoisotopic (exact) mass is 531 g/mol. The number of unbranched alkanes of at least 4 members (excludes halogenated alkanes) is 6. The second kappa shape index (κ2) is 20.3. The van der Waals surface area contributed by atoms with Crippen molar-refractivity contribution in [3.8, 4) is 0 Å². The van der Waals surface area contributed by atoms with Crippen LogP contribution in [-0.2, 0) is 0 Å². The maximum atomic E-state index is 9.65. The van der Waals surface area contributed by atoms with E-state index in [0.717, 1.165) is 60.7 Å². The normalized spacial score (nSPS) is 31.2. The van der Waals surface area contributed by atoms with Gasteiger partial charge in [-0.15, -0.1) is 0 Å². The molecule has 0 heterocycles. The highest BCUT2D eigenvalue weighted by atomic mass is 16.3. The zero-order valence-electron chi connectivity index (χ0n) is 26.0.